The van der Waals surface area contributed by atoms with Gasteiger partial charge in [0.15, 0.2) is 0 Å². The van der Waals surface area contributed by atoms with E-state index in [0.29, 0.717) is 5.75 Å². The normalized spacial score (nSPS) is 11.1. The van der Waals surface area contributed by atoms with Gasteiger partial charge in [0.05, 0.1) is 0 Å². The number of aryl methyl sites for hydroxylation is 1. The minimum atomic E-state index is -2.71. The smallest absolute Gasteiger partial charge is 0.299 e. The highest BCUT2D eigenvalue weighted by atomic mass is 32.2. The Morgan fingerprint density at radius 2 is 2.06 bits per heavy atom. The van der Waals surface area contributed by atoms with E-state index >= 15 is 0 Å². The van der Waals surface area contributed by atoms with Crippen LogP contribution in [-0.2, 0) is 5.75 Å². The number of nitrogens with two attached hydrogens (primary N) is 1. The lowest BCUT2D eigenvalue weighted by Crippen LogP contribution is -2.14. The van der Waals surface area contributed by atoms with Crippen LogP contribution in [0.2, 0.25) is 0 Å². The Morgan fingerprint density at radius 3 is 2.67 bits per heavy atom. The van der Waals surface area contributed by atoms with Crippen LogP contribution in [-0.4, -0.2) is 14.9 Å². The molecule has 1 aromatic carbocycles. The zero-order valence-corrected chi connectivity index (χ0v) is 10.5. The molecule has 1 heterocycles. The molecule has 0 amide bonds. The van der Waals surface area contributed by atoms with Crippen molar-refractivity contribution in [2.75, 3.05) is 5.84 Å². The summed E-state index contributed by atoms with van der Waals surface area (Å²) in [6.07, 6.45) is -2.71. The van der Waals surface area contributed by atoms with E-state index in [-0.39, 0.29) is 5.16 Å². The molecule has 0 radical (unpaired) electrons. The monoisotopic (exact) mass is 270 g/mol. The molecule has 96 valence electrons. The number of aromatic nitrogens is 3. The van der Waals surface area contributed by atoms with Gasteiger partial charge in [-0.25, -0.2) is 13.5 Å². The lowest BCUT2D eigenvalue weighted by molar-refractivity contribution is 0.136. The number of benzene rings is 1. The van der Waals surface area contributed by atoms with E-state index in [9.17, 15) is 8.78 Å². The van der Waals surface area contributed by atoms with Crippen LogP contribution in [0.3, 0.4) is 0 Å². The first kappa shape index (κ1) is 12.8. The molecule has 0 fully saturated rings. The zero-order valence-electron chi connectivity index (χ0n) is 9.68. The van der Waals surface area contributed by atoms with E-state index in [0.717, 1.165) is 15.8 Å². The molecule has 0 bridgehead atoms. The van der Waals surface area contributed by atoms with Crippen molar-refractivity contribution in [2.45, 2.75) is 24.3 Å². The van der Waals surface area contributed by atoms with Gasteiger partial charge in [-0.3, -0.25) is 0 Å². The Balaban J connectivity index is 2.09. The fourth-order valence-corrected chi connectivity index (χ4v) is 2.39. The second-order valence-corrected chi connectivity index (χ2v) is 4.67. The van der Waals surface area contributed by atoms with Gasteiger partial charge in [-0.15, -0.1) is 10.2 Å². The highest BCUT2D eigenvalue weighted by Gasteiger charge is 2.18. The van der Waals surface area contributed by atoms with E-state index in [1.165, 1.54) is 11.8 Å². The van der Waals surface area contributed by atoms with E-state index in [1.54, 1.807) is 0 Å². The average molecular weight is 270 g/mol. The summed E-state index contributed by atoms with van der Waals surface area (Å²) in [5, 5.41) is 7.31. The highest BCUT2D eigenvalue weighted by molar-refractivity contribution is 7.98. The summed E-state index contributed by atoms with van der Waals surface area (Å²) in [6.45, 7) is 1.99. The number of halogens is 2. The first-order valence-electron chi connectivity index (χ1n) is 5.25. The predicted octanol–water partition coefficient (Wildman–Crippen LogP) is 2.53. The van der Waals surface area contributed by atoms with E-state index < -0.39 is 12.2 Å². The number of hydrogen-bond donors (Lipinski definition) is 1. The molecular weight excluding hydrogens is 258 g/mol. The van der Waals surface area contributed by atoms with Crippen LogP contribution in [0.15, 0.2) is 29.4 Å². The molecular formula is C11H12F2N4S. The van der Waals surface area contributed by atoms with Crippen LogP contribution in [0.1, 0.15) is 23.4 Å². The molecule has 2 N–H and O–H groups in total. The third-order valence-electron chi connectivity index (χ3n) is 2.50. The summed E-state index contributed by atoms with van der Waals surface area (Å²) in [5.41, 5.74) is 2.26. The van der Waals surface area contributed by atoms with Gasteiger partial charge in [0.1, 0.15) is 0 Å². The number of nitrogen functional groups attached to an aromatic ring is 1. The molecule has 7 heteroatoms. The SMILES string of the molecule is Cc1ccccc1CSc1nnc(C(F)F)n1N. The molecule has 4 nitrogen and oxygen atoms in total. The predicted molar refractivity (Wildman–Crippen MR) is 65.9 cm³/mol. The maximum atomic E-state index is 12.5. The Labute approximate surface area is 107 Å². The lowest BCUT2D eigenvalue weighted by Gasteiger charge is -2.05. The first-order chi connectivity index (χ1) is 8.59. The van der Waals surface area contributed by atoms with Crippen molar-refractivity contribution in [2.24, 2.45) is 0 Å². The average Bonchev–Trinajstić information content (AvgIpc) is 2.70. The van der Waals surface area contributed by atoms with Crippen molar-refractivity contribution < 1.29 is 8.78 Å². The number of rotatable bonds is 4. The molecule has 0 aliphatic heterocycles. The third-order valence-corrected chi connectivity index (χ3v) is 3.50. The lowest BCUT2D eigenvalue weighted by atomic mass is 10.1. The number of hydrogen-bond acceptors (Lipinski definition) is 4. The standard InChI is InChI=1S/C11H12F2N4S/c1-7-4-2-3-5-8(7)6-18-11-16-15-10(9(12)13)17(11)14/h2-5,9H,6,14H2,1H3. The van der Waals surface area contributed by atoms with Crippen LogP contribution in [0.25, 0.3) is 0 Å². The van der Waals surface area contributed by atoms with Crippen LogP contribution < -0.4 is 5.84 Å². The maximum absolute atomic E-state index is 12.5. The molecule has 0 saturated heterocycles. The highest BCUT2D eigenvalue weighted by Crippen LogP contribution is 2.24. The van der Waals surface area contributed by atoms with Gasteiger partial charge in [-0.2, -0.15) is 0 Å². The summed E-state index contributed by atoms with van der Waals surface area (Å²) in [7, 11) is 0. The van der Waals surface area contributed by atoms with Crippen molar-refractivity contribution in [3.05, 3.63) is 41.2 Å². The second kappa shape index (κ2) is 5.34. The summed E-state index contributed by atoms with van der Waals surface area (Å²) in [5.74, 6) is 5.60. The quantitative estimate of drug-likeness (QED) is 0.685. The molecule has 18 heavy (non-hydrogen) atoms. The van der Waals surface area contributed by atoms with Gasteiger partial charge in [0, 0.05) is 5.75 Å². The molecule has 0 unspecified atom stereocenters. The van der Waals surface area contributed by atoms with Gasteiger partial charge in [-0.1, -0.05) is 36.0 Å². The Kier molecular flexibility index (Phi) is 3.81. The van der Waals surface area contributed by atoms with E-state index in [1.807, 2.05) is 31.2 Å². The second-order valence-electron chi connectivity index (χ2n) is 3.73. The molecule has 1 aromatic heterocycles. The molecule has 0 aliphatic carbocycles. The fraction of sp³-hybridized carbons (Fsp3) is 0.273. The minimum Gasteiger partial charge on any atom is -0.335 e. The summed E-state index contributed by atoms with van der Waals surface area (Å²) < 4.78 is 25.8. The van der Waals surface area contributed by atoms with Gasteiger partial charge in [-0.05, 0) is 18.1 Å². The van der Waals surface area contributed by atoms with Crippen LogP contribution in [0, 0.1) is 6.92 Å². The van der Waals surface area contributed by atoms with Crippen LogP contribution in [0.4, 0.5) is 8.78 Å². The zero-order chi connectivity index (χ0) is 13.1. The number of alkyl halides is 2. The Bertz CT molecular complexity index is 542. The van der Waals surface area contributed by atoms with Crippen molar-refractivity contribution in [3.63, 3.8) is 0 Å². The molecule has 0 saturated carbocycles. The molecule has 0 spiro atoms. The molecule has 0 aliphatic rings. The van der Waals surface area contributed by atoms with Gasteiger partial charge >= 0.3 is 0 Å². The molecule has 0 atom stereocenters. The van der Waals surface area contributed by atoms with Crippen molar-refractivity contribution in [3.8, 4) is 0 Å². The van der Waals surface area contributed by atoms with Crippen molar-refractivity contribution in [1.29, 1.82) is 0 Å². The van der Waals surface area contributed by atoms with Gasteiger partial charge in [0.25, 0.3) is 6.43 Å². The molecule has 2 aromatic rings. The van der Waals surface area contributed by atoms with Gasteiger partial charge in [0.2, 0.25) is 11.0 Å². The van der Waals surface area contributed by atoms with Crippen LogP contribution >= 0.6 is 11.8 Å². The van der Waals surface area contributed by atoms with E-state index in [4.69, 9.17) is 5.84 Å². The van der Waals surface area contributed by atoms with Crippen LogP contribution in [0.5, 0.6) is 0 Å². The van der Waals surface area contributed by atoms with Crippen molar-refractivity contribution >= 4 is 11.8 Å². The van der Waals surface area contributed by atoms with E-state index in [2.05, 4.69) is 10.2 Å². The maximum Gasteiger partial charge on any atom is 0.299 e. The first-order valence-corrected chi connectivity index (χ1v) is 6.24. The Hall–Kier alpha value is -1.63. The number of thioether (sulfide) groups is 1. The summed E-state index contributed by atoms with van der Waals surface area (Å²) in [6, 6.07) is 7.85. The van der Waals surface area contributed by atoms with Crippen molar-refractivity contribution in [1.82, 2.24) is 14.9 Å². The minimum absolute atomic E-state index is 0.286. The van der Waals surface area contributed by atoms with Gasteiger partial charge < -0.3 is 5.84 Å². The topological polar surface area (TPSA) is 56.7 Å². The molecule has 2 rings (SSSR count). The fourth-order valence-electron chi connectivity index (χ4n) is 1.45. The summed E-state index contributed by atoms with van der Waals surface area (Å²) >= 11 is 1.28. The third kappa shape index (κ3) is 2.61. The largest absolute Gasteiger partial charge is 0.335 e. The Morgan fingerprint density at radius 1 is 1.33 bits per heavy atom. The summed E-state index contributed by atoms with van der Waals surface area (Å²) in [4.78, 5) is 0. The number of nitrogens with zero attached hydrogens (tertiary/aromatic N) is 3.